The largest absolute Gasteiger partial charge is 0.300 e. The van der Waals surface area contributed by atoms with Crippen molar-refractivity contribution >= 4 is 10.0 Å². The molecule has 0 aromatic carbocycles. The lowest BCUT2D eigenvalue weighted by molar-refractivity contribution is 0.0536. The Balaban J connectivity index is 2.03. The maximum Gasteiger partial charge on any atom is 0.227 e. The lowest BCUT2D eigenvalue weighted by Crippen LogP contribution is -2.55. The van der Waals surface area contributed by atoms with Crippen molar-refractivity contribution in [3.63, 3.8) is 0 Å². The van der Waals surface area contributed by atoms with Gasteiger partial charge in [-0.3, -0.25) is 0 Å². The van der Waals surface area contributed by atoms with Crippen LogP contribution in [0.5, 0.6) is 0 Å². The van der Waals surface area contributed by atoms with Crippen LogP contribution in [0.2, 0.25) is 0 Å². The molecule has 2 bridgehead atoms. The first kappa shape index (κ1) is 13.8. The average Bonchev–Trinajstić information content (AvgIpc) is 2.29. The van der Waals surface area contributed by atoms with Crippen molar-refractivity contribution in [3.8, 4) is 6.07 Å². The number of piperidine rings is 2. The summed E-state index contributed by atoms with van der Waals surface area (Å²) in [6, 6.07) is 2.77. The highest BCUT2D eigenvalue weighted by Gasteiger charge is 2.37. The van der Waals surface area contributed by atoms with E-state index in [4.69, 9.17) is 5.26 Å². The smallest absolute Gasteiger partial charge is 0.227 e. The molecule has 3 atom stereocenters. The topological polar surface area (TPSA) is 73.2 Å². The minimum Gasteiger partial charge on any atom is -0.300 e. The van der Waals surface area contributed by atoms with Crippen molar-refractivity contribution in [2.75, 3.05) is 7.05 Å². The van der Waals surface area contributed by atoms with Gasteiger partial charge < -0.3 is 4.90 Å². The summed E-state index contributed by atoms with van der Waals surface area (Å²) >= 11 is 0. The molecule has 3 unspecified atom stereocenters. The van der Waals surface area contributed by atoms with Crippen molar-refractivity contribution in [1.29, 1.82) is 5.26 Å². The van der Waals surface area contributed by atoms with Crippen LogP contribution in [0, 0.1) is 11.3 Å². The van der Waals surface area contributed by atoms with Gasteiger partial charge in [0.25, 0.3) is 0 Å². The third kappa shape index (κ3) is 2.68. The van der Waals surface area contributed by atoms with Gasteiger partial charge in [0.2, 0.25) is 10.0 Å². The fraction of sp³-hybridized carbons (Fsp3) is 0.917. The molecule has 0 amide bonds. The molecule has 0 aliphatic carbocycles. The molecule has 2 aliphatic rings. The summed E-state index contributed by atoms with van der Waals surface area (Å²) in [5.74, 6) is 0. The summed E-state index contributed by atoms with van der Waals surface area (Å²) in [7, 11) is -1.35. The molecule has 102 valence electrons. The van der Waals surface area contributed by atoms with Gasteiger partial charge in [0.05, 0.1) is 6.07 Å². The Hall–Kier alpha value is -0.640. The van der Waals surface area contributed by atoms with E-state index >= 15 is 0 Å². The van der Waals surface area contributed by atoms with Crippen LogP contribution in [0.25, 0.3) is 0 Å². The predicted octanol–water partition coefficient (Wildman–Crippen LogP) is 0.833. The van der Waals surface area contributed by atoms with E-state index in [0.717, 1.165) is 25.7 Å². The molecular formula is C12H21N3O2S. The van der Waals surface area contributed by atoms with Crippen LogP contribution in [0.4, 0.5) is 0 Å². The molecule has 0 radical (unpaired) electrons. The van der Waals surface area contributed by atoms with Gasteiger partial charge in [0.1, 0.15) is 0 Å². The van der Waals surface area contributed by atoms with Crippen LogP contribution < -0.4 is 4.72 Å². The van der Waals surface area contributed by atoms with E-state index < -0.39 is 15.3 Å². The van der Waals surface area contributed by atoms with E-state index in [9.17, 15) is 8.42 Å². The van der Waals surface area contributed by atoms with Crippen molar-refractivity contribution in [2.45, 2.75) is 62.4 Å². The monoisotopic (exact) mass is 271 g/mol. The highest BCUT2D eigenvalue weighted by Crippen LogP contribution is 2.32. The summed E-state index contributed by atoms with van der Waals surface area (Å²) in [4.78, 5) is 2.39. The Bertz CT molecular complexity index is 429. The van der Waals surface area contributed by atoms with E-state index in [-0.39, 0.29) is 6.04 Å². The van der Waals surface area contributed by atoms with E-state index in [1.165, 1.54) is 13.3 Å². The normalized spacial score (nSPS) is 34.8. The summed E-state index contributed by atoms with van der Waals surface area (Å²) < 4.78 is 26.5. The number of nitrogens with one attached hydrogen (secondary N) is 1. The Kier molecular flexibility index (Phi) is 3.95. The molecule has 2 fully saturated rings. The molecule has 2 heterocycles. The molecule has 1 N–H and O–H groups in total. The minimum absolute atomic E-state index is 0.00250. The standard InChI is InChI=1S/C12H21N3O2S/c1-9(8-13)18(16,17)14-10-6-11-4-3-5-12(7-10)15(11)2/h9-12,14H,3-7H2,1-2H3. The summed E-state index contributed by atoms with van der Waals surface area (Å²) in [6.07, 6.45) is 5.28. The summed E-state index contributed by atoms with van der Waals surface area (Å²) in [6.45, 7) is 1.43. The highest BCUT2D eigenvalue weighted by atomic mass is 32.2. The van der Waals surface area contributed by atoms with E-state index in [0.29, 0.717) is 12.1 Å². The van der Waals surface area contributed by atoms with Gasteiger partial charge in [-0.1, -0.05) is 6.42 Å². The molecule has 0 spiro atoms. The van der Waals surface area contributed by atoms with Gasteiger partial charge in [-0.05, 0) is 39.7 Å². The maximum atomic E-state index is 11.9. The van der Waals surface area contributed by atoms with Gasteiger partial charge in [-0.25, -0.2) is 13.1 Å². The zero-order valence-corrected chi connectivity index (χ0v) is 11.8. The number of sulfonamides is 1. The predicted molar refractivity (Wildman–Crippen MR) is 69.3 cm³/mol. The molecule has 0 aromatic rings. The molecule has 5 nitrogen and oxygen atoms in total. The second kappa shape index (κ2) is 5.16. The Morgan fingerprint density at radius 2 is 1.89 bits per heavy atom. The SMILES string of the molecule is CC(C#N)S(=O)(=O)NC1CC2CCCC(C1)N2C. The maximum absolute atomic E-state index is 11.9. The summed E-state index contributed by atoms with van der Waals surface area (Å²) in [5, 5.41) is 7.75. The zero-order valence-electron chi connectivity index (χ0n) is 11.0. The zero-order chi connectivity index (χ0) is 13.3. The molecule has 0 aromatic heterocycles. The molecule has 18 heavy (non-hydrogen) atoms. The molecular weight excluding hydrogens is 250 g/mol. The fourth-order valence-electron chi connectivity index (χ4n) is 3.12. The van der Waals surface area contributed by atoms with E-state index in [2.05, 4.69) is 16.7 Å². The van der Waals surface area contributed by atoms with Crippen molar-refractivity contribution in [3.05, 3.63) is 0 Å². The number of nitriles is 1. The van der Waals surface area contributed by atoms with Crippen LogP contribution in [-0.4, -0.2) is 43.7 Å². The molecule has 2 aliphatic heterocycles. The van der Waals surface area contributed by atoms with Gasteiger partial charge in [-0.2, -0.15) is 5.26 Å². The first-order valence-corrected chi connectivity index (χ1v) is 8.11. The van der Waals surface area contributed by atoms with Crippen molar-refractivity contribution in [2.24, 2.45) is 0 Å². The van der Waals surface area contributed by atoms with E-state index in [1.807, 2.05) is 0 Å². The second-order valence-electron chi connectivity index (χ2n) is 5.51. The second-order valence-corrected chi connectivity index (χ2v) is 7.54. The van der Waals surface area contributed by atoms with Gasteiger partial charge in [0.15, 0.2) is 5.25 Å². The quantitative estimate of drug-likeness (QED) is 0.825. The van der Waals surface area contributed by atoms with Crippen molar-refractivity contribution in [1.82, 2.24) is 9.62 Å². The highest BCUT2D eigenvalue weighted by molar-refractivity contribution is 7.90. The number of hydrogen-bond acceptors (Lipinski definition) is 4. The Morgan fingerprint density at radius 1 is 1.33 bits per heavy atom. The number of fused-ring (bicyclic) bond motifs is 2. The third-order valence-electron chi connectivity index (χ3n) is 4.32. The molecule has 2 saturated heterocycles. The van der Waals surface area contributed by atoms with Gasteiger partial charge in [-0.15, -0.1) is 0 Å². The number of rotatable bonds is 3. The average molecular weight is 271 g/mol. The number of hydrogen-bond donors (Lipinski definition) is 1. The molecule has 2 rings (SSSR count). The Labute approximate surface area is 109 Å². The molecule has 0 saturated carbocycles. The lowest BCUT2D eigenvalue weighted by Gasteiger charge is -2.47. The Morgan fingerprint density at radius 3 is 2.39 bits per heavy atom. The van der Waals surface area contributed by atoms with Crippen LogP contribution >= 0.6 is 0 Å². The lowest BCUT2D eigenvalue weighted by atomic mass is 9.83. The minimum atomic E-state index is -3.49. The van der Waals surface area contributed by atoms with Crippen LogP contribution in [-0.2, 0) is 10.0 Å². The van der Waals surface area contributed by atoms with Crippen LogP contribution in [0.15, 0.2) is 0 Å². The third-order valence-corrected chi connectivity index (χ3v) is 6.02. The summed E-state index contributed by atoms with van der Waals surface area (Å²) in [5.41, 5.74) is 0. The number of nitrogens with zero attached hydrogens (tertiary/aromatic N) is 2. The molecule has 6 heteroatoms. The first-order chi connectivity index (χ1) is 8.44. The first-order valence-electron chi connectivity index (χ1n) is 6.56. The fourth-order valence-corrected chi connectivity index (χ4v) is 4.12. The van der Waals surface area contributed by atoms with Gasteiger partial charge >= 0.3 is 0 Å². The van der Waals surface area contributed by atoms with E-state index in [1.54, 1.807) is 6.07 Å². The van der Waals surface area contributed by atoms with Crippen LogP contribution in [0.1, 0.15) is 39.0 Å². The van der Waals surface area contributed by atoms with Crippen LogP contribution in [0.3, 0.4) is 0 Å². The van der Waals surface area contributed by atoms with Crippen molar-refractivity contribution < 1.29 is 8.42 Å². The van der Waals surface area contributed by atoms with Gasteiger partial charge in [0, 0.05) is 18.1 Å².